The van der Waals surface area contributed by atoms with Crippen LogP contribution in [0.1, 0.15) is 51.2 Å². The van der Waals surface area contributed by atoms with Gasteiger partial charge in [-0.25, -0.2) is 0 Å². The second-order valence-electron chi connectivity index (χ2n) is 8.09. The zero-order valence-corrected chi connectivity index (χ0v) is 21.1. The van der Waals surface area contributed by atoms with Crippen LogP contribution in [-0.2, 0) is 14.9 Å². The predicted octanol–water partition coefficient (Wildman–Crippen LogP) is 4.28. The molecule has 0 aromatic heterocycles. The molecule has 1 atom stereocenters. The summed E-state index contributed by atoms with van der Waals surface area (Å²) in [5.41, 5.74) is 2.87. The molecule has 1 aromatic carbocycles. The Morgan fingerprint density at radius 1 is 1.21 bits per heavy atom. The number of halogens is 1. The van der Waals surface area contributed by atoms with Gasteiger partial charge in [-0.15, -0.1) is 24.0 Å². The van der Waals surface area contributed by atoms with Crippen molar-refractivity contribution in [1.82, 2.24) is 10.6 Å². The maximum Gasteiger partial charge on any atom is 0.191 e. The maximum absolute atomic E-state index is 5.85. The summed E-state index contributed by atoms with van der Waals surface area (Å²) < 4.78 is 11.5. The lowest BCUT2D eigenvalue weighted by atomic mass is 9.72. The number of hydrogen-bond acceptors (Lipinski definition) is 3. The fraction of sp³-hybridized carbons (Fsp3) is 0.696. The SMILES string of the molecule is CCOC(CCNC(=NC)NCC1(c2ccccc2C)CCOCC1)C(C)C.I. The molecule has 2 N–H and O–H groups in total. The number of aryl methyl sites for hydroxylation is 1. The average Bonchev–Trinajstić information content (AvgIpc) is 2.70. The van der Waals surface area contributed by atoms with E-state index in [4.69, 9.17) is 9.47 Å². The molecule has 0 saturated carbocycles. The minimum Gasteiger partial charge on any atom is -0.381 e. The number of ether oxygens (including phenoxy) is 2. The van der Waals surface area contributed by atoms with Gasteiger partial charge in [0.1, 0.15) is 0 Å². The summed E-state index contributed by atoms with van der Waals surface area (Å²) in [5, 5.41) is 7.05. The van der Waals surface area contributed by atoms with E-state index < -0.39 is 0 Å². The molecular formula is C23H40IN3O2. The zero-order valence-electron chi connectivity index (χ0n) is 18.8. The van der Waals surface area contributed by atoms with Crippen LogP contribution in [0.2, 0.25) is 0 Å². The fourth-order valence-corrected chi connectivity index (χ4v) is 4.10. The van der Waals surface area contributed by atoms with Crippen LogP contribution < -0.4 is 10.6 Å². The molecule has 1 aliphatic heterocycles. The molecule has 166 valence electrons. The zero-order chi connectivity index (χ0) is 20.4. The first-order valence-electron chi connectivity index (χ1n) is 10.7. The second-order valence-corrected chi connectivity index (χ2v) is 8.09. The first-order valence-corrected chi connectivity index (χ1v) is 10.7. The molecule has 0 radical (unpaired) electrons. The third kappa shape index (κ3) is 7.72. The summed E-state index contributed by atoms with van der Waals surface area (Å²) in [4.78, 5) is 4.43. The number of rotatable bonds is 9. The summed E-state index contributed by atoms with van der Waals surface area (Å²) in [7, 11) is 1.84. The van der Waals surface area contributed by atoms with Crippen molar-refractivity contribution in [1.29, 1.82) is 0 Å². The Balaban J connectivity index is 0.00000420. The number of nitrogens with zero attached hydrogens (tertiary/aromatic N) is 1. The quantitative estimate of drug-likeness (QED) is 0.292. The molecule has 0 amide bonds. The number of benzene rings is 1. The van der Waals surface area contributed by atoms with Gasteiger partial charge >= 0.3 is 0 Å². The highest BCUT2D eigenvalue weighted by Gasteiger charge is 2.35. The minimum absolute atomic E-state index is 0. The summed E-state index contributed by atoms with van der Waals surface area (Å²) in [6.07, 6.45) is 3.32. The predicted molar refractivity (Wildman–Crippen MR) is 133 cm³/mol. The highest BCUT2D eigenvalue weighted by Crippen LogP contribution is 2.36. The molecule has 1 heterocycles. The van der Waals surface area contributed by atoms with E-state index in [1.165, 1.54) is 11.1 Å². The Hall–Kier alpha value is -0.860. The van der Waals surface area contributed by atoms with Crippen LogP contribution in [0.4, 0.5) is 0 Å². The van der Waals surface area contributed by atoms with Crippen molar-refractivity contribution in [3.63, 3.8) is 0 Å². The summed E-state index contributed by atoms with van der Waals surface area (Å²) in [5.74, 6) is 1.38. The molecule has 1 unspecified atom stereocenters. The van der Waals surface area contributed by atoms with Gasteiger partial charge in [-0.2, -0.15) is 0 Å². The molecule has 1 fully saturated rings. The van der Waals surface area contributed by atoms with Crippen LogP contribution in [-0.4, -0.2) is 52.0 Å². The Morgan fingerprint density at radius 2 is 1.90 bits per heavy atom. The average molecular weight is 517 g/mol. The van der Waals surface area contributed by atoms with E-state index in [1.807, 2.05) is 7.05 Å². The summed E-state index contributed by atoms with van der Waals surface area (Å²) in [6.45, 7) is 12.8. The number of aliphatic imine (C=N–C) groups is 1. The van der Waals surface area contributed by atoms with E-state index in [2.05, 4.69) is 67.6 Å². The second kappa shape index (κ2) is 13.4. The van der Waals surface area contributed by atoms with Crippen LogP contribution in [0.15, 0.2) is 29.3 Å². The Bertz CT molecular complexity index is 616. The smallest absolute Gasteiger partial charge is 0.191 e. The van der Waals surface area contributed by atoms with Gasteiger partial charge in [0, 0.05) is 45.4 Å². The van der Waals surface area contributed by atoms with E-state index in [0.717, 1.165) is 58.1 Å². The lowest BCUT2D eigenvalue weighted by Gasteiger charge is -2.39. The van der Waals surface area contributed by atoms with Crippen molar-refractivity contribution < 1.29 is 9.47 Å². The standard InChI is InChI=1S/C23H39N3O2.HI/c1-6-28-21(18(2)3)11-14-25-22(24-5)26-17-23(12-15-27-16-13-23)20-10-8-7-9-19(20)4;/h7-10,18,21H,6,11-17H2,1-5H3,(H2,24,25,26);1H. The third-order valence-corrected chi connectivity index (χ3v) is 5.83. The van der Waals surface area contributed by atoms with E-state index in [1.54, 1.807) is 0 Å². The highest BCUT2D eigenvalue weighted by molar-refractivity contribution is 14.0. The Labute approximate surface area is 194 Å². The first kappa shape index (κ1) is 26.2. The lowest BCUT2D eigenvalue weighted by molar-refractivity contribution is 0.0258. The molecule has 29 heavy (non-hydrogen) atoms. The third-order valence-electron chi connectivity index (χ3n) is 5.83. The maximum atomic E-state index is 5.85. The van der Waals surface area contributed by atoms with Crippen LogP contribution >= 0.6 is 24.0 Å². The molecule has 5 nitrogen and oxygen atoms in total. The van der Waals surface area contributed by atoms with Gasteiger partial charge in [-0.1, -0.05) is 38.1 Å². The molecule has 1 saturated heterocycles. The van der Waals surface area contributed by atoms with Gasteiger partial charge in [0.2, 0.25) is 0 Å². The fourth-order valence-electron chi connectivity index (χ4n) is 4.10. The van der Waals surface area contributed by atoms with Crippen molar-refractivity contribution in [3.05, 3.63) is 35.4 Å². The monoisotopic (exact) mass is 517 g/mol. The van der Waals surface area contributed by atoms with Crippen molar-refractivity contribution >= 4 is 29.9 Å². The van der Waals surface area contributed by atoms with E-state index in [9.17, 15) is 0 Å². The number of nitrogens with one attached hydrogen (secondary N) is 2. The molecule has 0 spiro atoms. The summed E-state index contributed by atoms with van der Waals surface area (Å²) >= 11 is 0. The minimum atomic E-state index is 0. The molecule has 6 heteroatoms. The van der Waals surface area contributed by atoms with Crippen LogP contribution in [0.25, 0.3) is 0 Å². The molecular weight excluding hydrogens is 477 g/mol. The topological polar surface area (TPSA) is 54.9 Å². The van der Waals surface area contributed by atoms with E-state index in [-0.39, 0.29) is 35.5 Å². The van der Waals surface area contributed by atoms with Gasteiger partial charge in [-0.05, 0) is 50.2 Å². The van der Waals surface area contributed by atoms with Crippen LogP contribution in [0, 0.1) is 12.8 Å². The molecule has 0 bridgehead atoms. The Kier molecular flexibility index (Phi) is 12.1. The normalized spacial score (nSPS) is 17.5. The highest BCUT2D eigenvalue weighted by atomic mass is 127. The van der Waals surface area contributed by atoms with Gasteiger partial charge < -0.3 is 20.1 Å². The van der Waals surface area contributed by atoms with Gasteiger partial charge in [-0.3, -0.25) is 4.99 Å². The van der Waals surface area contributed by atoms with Crippen LogP contribution in [0.5, 0.6) is 0 Å². The number of guanidine groups is 1. The first-order chi connectivity index (χ1) is 13.5. The van der Waals surface area contributed by atoms with Gasteiger partial charge in [0.15, 0.2) is 5.96 Å². The van der Waals surface area contributed by atoms with Crippen molar-refractivity contribution in [2.24, 2.45) is 10.9 Å². The van der Waals surface area contributed by atoms with Crippen molar-refractivity contribution in [2.45, 2.75) is 58.5 Å². The lowest BCUT2D eigenvalue weighted by Crippen LogP contribution is -2.48. The molecule has 0 aliphatic carbocycles. The molecule has 2 rings (SSSR count). The van der Waals surface area contributed by atoms with Crippen molar-refractivity contribution in [2.75, 3.05) is 40.0 Å². The molecule has 1 aromatic rings. The van der Waals surface area contributed by atoms with E-state index >= 15 is 0 Å². The molecule has 1 aliphatic rings. The summed E-state index contributed by atoms with van der Waals surface area (Å²) in [6, 6.07) is 8.74. The Morgan fingerprint density at radius 3 is 2.48 bits per heavy atom. The largest absolute Gasteiger partial charge is 0.381 e. The van der Waals surface area contributed by atoms with Crippen molar-refractivity contribution in [3.8, 4) is 0 Å². The van der Waals surface area contributed by atoms with E-state index in [0.29, 0.717) is 5.92 Å². The van der Waals surface area contributed by atoms with Crippen LogP contribution in [0.3, 0.4) is 0 Å². The van der Waals surface area contributed by atoms with Gasteiger partial charge in [0.05, 0.1) is 6.10 Å². The van der Waals surface area contributed by atoms with Gasteiger partial charge in [0.25, 0.3) is 0 Å². The number of hydrogen-bond donors (Lipinski definition) is 2.